The number of carbonyl (C=O) groups is 2. The number of hydrogen-bond acceptors (Lipinski definition) is 2. The van der Waals surface area contributed by atoms with Crippen LogP contribution >= 0.6 is 0 Å². The lowest BCUT2D eigenvalue weighted by molar-refractivity contribution is -0.114. The summed E-state index contributed by atoms with van der Waals surface area (Å²) in [7, 11) is 0. The Morgan fingerprint density at radius 3 is 2.44 bits per heavy atom. The number of Topliss-reactive ketones (excluding diaryl/α,β-unsaturated/α-hetero) is 1. The number of carbonyl (C=O) groups excluding carboxylic acids is 2. The Balaban J connectivity index is 2.36. The first kappa shape index (κ1) is 10.6. The van der Waals surface area contributed by atoms with Gasteiger partial charge < -0.3 is 4.90 Å². The highest BCUT2D eigenvalue weighted by Gasteiger charge is 2.63. The second-order valence-corrected chi connectivity index (χ2v) is 4.04. The van der Waals surface area contributed by atoms with Gasteiger partial charge in [0.05, 0.1) is 5.92 Å². The molecule has 1 amide bonds. The van der Waals surface area contributed by atoms with Crippen molar-refractivity contribution in [1.29, 1.82) is 0 Å². The van der Waals surface area contributed by atoms with Crippen molar-refractivity contribution in [1.82, 2.24) is 0 Å². The van der Waals surface area contributed by atoms with Gasteiger partial charge in [0.15, 0.2) is 5.78 Å². The van der Waals surface area contributed by atoms with Gasteiger partial charge in [-0.05, 0) is 19.1 Å². The topological polar surface area (TPSA) is 37.4 Å². The summed E-state index contributed by atoms with van der Waals surface area (Å²) < 4.78 is 0. The molecule has 0 radical (unpaired) electrons. The van der Waals surface area contributed by atoms with E-state index in [4.69, 9.17) is 0 Å². The van der Waals surface area contributed by atoms with Gasteiger partial charge in [0.2, 0.25) is 6.41 Å². The SMILES string of the molecule is C=CC1C(=O)C1(C)N(C=O)c1ccccc1. The molecule has 2 atom stereocenters. The molecular formula is C13H13NO2. The number of anilines is 1. The fourth-order valence-electron chi connectivity index (χ4n) is 2.05. The summed E-state index contributed by atoms with van der Waals surface area (Å²) in [6, 6.07) is 9.17. The molecule has 1 saturated carbocycles. The van der Waals surface area contributed by atoms with Crippen LogP contribution in [0.2, 0.25) is 0 Å². The quantitative estimate of drug-likeness (QED) is 0.567. The molecular weight excluding hydrogens is 202 g/mol. The molecule has 0 N–H and O–H groups in total. The number of nitrogens with zero attached hydrogens (tertiary/aromatic N) is 1. The molecule has 3 nitrogen and oxygen atoms in total. The molecule has 3 heteroatoms. The van der Waals surface area contributed by atoms with Crippen molar-refractivity contribution in [2.45, 2.75) is 12.5 Å². The Morgan fingerprint density at radius 2 is 2.00 bits per heavy atom. The summed E-state index contributed by atoms with van der Waals surface area (Å²) in [5, 5.41) is 0. The van der Waals surface area contributed by atoms with Crippen LogP contribution in [0.3, 0.4) is 0 Å². The van der Waals surface area contributed by atoms with E-state index < -0.39 is 5.54 Å². The van der Waals surface area contributed by atoms with Crippen LogP contribution in [-0.2, 0) is 9.59 Å². The first-order valence-electron chi connectivity index (χ1n) is 5.12. The van der Waals surface area contributed by atoms with Crippen LogP contribution in [-0.4, -0.2) is 17.7 Å². The first-order chi connectivity index (χ1) is 7.66. The molecule has 2 unspecified atom stereocenters. The van der Waals surface area contributed by atoms with Gasteiger partial charge in [-0.1, -0.05) is 24.3 Å². The zero-order valence-corrected chi connectivity index (χ0v) is 9.09. The van der Waals surface area contributed by atoms with E-state index in [2.05, 4.69) is 6.58 Å². The zero-order valence-electron chi connectivity index (χ0n) is 9.09. The van der Waals surface area contributed by atoms with E-state index in [1.807, 2.05) is 30.3 Å². The minimum absolute atomic E-state index is 0.0402. The second-order valence-electron chi connectivity index (χ2n) is 4.04. The lowest BCUT2D eigenvalue weighted by Crippen LogP contribution is -2.36. The van der Waals surface area contributed by atoms with Gasteiger partial charge >= 0.3 is 0 Å². The molecule has 0 aromatic heterocycles. The van der Waals surface area contributed by atoms with Crippen LogP contribution < -0.4 is 4.90 Å². The van der Waals surface area contributed by atoms with Gasteiger partial charge in [-0.2, -0.15) is 0 Å². The smallest absolute Gasteiger partial charge is 0.215 e. The minimum atomic E-state index is -0.745. The summed E-state index contributed by atoms with van der Waals surface area (Å²) in [4.78, 5) is 24.3. The van der Waals surface area contributed by atoms with Gasteiger partial charge in [0.1, 0.15) is 5.54 Å². The second kappa shape index (κ2) is 3.59. The monoisotopic (exact) mass is 215 g/mol. The number of amides is 1. The molecule has 16 heavy (non-hydrogen) atoms. The standard InChI is InChI=1S/C13H13NO2/c1-3-11-12(16)13(11,2)14(9-15)10-7-5-4-6-8-10/h3-9,11H,1H2,2H3. The zero-order chi connectivity index (χ0) is 11.8. The van der Waals surface area contributed by atoms with Crippen molar-refractivity contribution in [3.05, 3.63) is 43.0 Å². The summed E-state index contributed by atoms with van der Waals surface area (Å²) in [5.74, 6) is -0.212. The maximum atomic E-state index is 11.7. The summed E-state index contributed by atoms with van der Waals surface area (Å²) in [5.41, 5.74) is -0.0112. The Labute approximate surface area is 94.4 Å². The van der Waals surface area contributed by atoms with Crippen LogP contribution in [0.1, 0.15) is 6.92 Å². The van der Waals surface area contributed by atoms with Crippen LogP contribution in [0, 0.1) is 5.92 Å². The molecule has 1 aliphatic rings. The number of para-hydroxylation sites is 1. The molecule has 0 bridgehead atoms. The normalized spacial score (nSPS) is 27.3. The fourth-order valence-corrected chi connectivity index (χ4v) is 2.05. The Bertz CT molecular complexity index is 441. The van der Waals surface area contributed by atoms with E-state index in [9.17, 15) is 9.59 Å². The lowest BCUT2D eigenvalue weighted by Gasteiger charge is -2.23. The predicted octanol–water partition coefficient (Wildman–Crippen LogP) is 1.79. The van der Waals surface area contributed by atoms with E-state index in [1.54, 1.807) is 13.0 Å². The highest BCUT2D eigenvalue weighted by atomic mass is 16.2. The molecule has 0 spiro atoms. The first-order valence-corrected chi connectivity index (χ1v) is 5.12. The number of ketones is 1. The third-order valence-electron chi connectivity index (χ3n) is 3.18. The molecule has 1 aliphatic carbocycles. The molecule has 1 aromatic carbocycles. The fraction of sp³-hybridized carbons (Fsp3) is 0.231. The number of hydrogen-bond donors (Lipinski definition) is 0. The van der Waals surface area contributed by atoms with Crippen molar-refractivity contribution in [2.24, 2.45) is 5.92 Å². The van der Waals surface area contributed by atoms with Crippen LogP contribution in [0.25, 0.3) is 0 Å². The Kier molecular flexibility index (Phi) is 2.38. The number of rotatable bonds is 4. The third kappa shape index (κ3) is 1.28. The van der Waals surface area contributed by atoms with Crippen molar-refractivity contribution >= 4 is 17.9 Å². The van der Waals surface area contributed by atoms with Gasteiger partial charge in [-0.25, -0.2) is 0 Å². The highest BCUT2D eigenvalue weighted by molar-refractivity contribution is 6.15. The van der Waals surface area contributed by atoms with Crippen LogP contribution in [0.4, 0.5) is 5.69 Å². The predicted molar refractivity (Wildman–Crippen MR) is 62.1 cm³/mol. The van der Waals surface area contributed by atoms with Gasteiger partial charge in [-0.15, -0.1) is 6.58 Å². The highest BCUT2D eigenvalue weighted by Crippen LogP contribution is 2.45. The van der Waals surface area contributed by atoms with Gasteiger partial charge in [0.25, 0.3) is 0 Å². The summed E-state index contributed by atoms with van der Waals surface area (Å²) in [6.45, 7) is 5.38. The lowest BCUT2D eigenvalue weighted by atomic mass is 10.1. The molecule has 2 rings (SSSR count). The van der Waals surface area contributed by atoms with Crippen LogP contribution in [0.5, 0.6) is 0 Å². The summed E-state index contributed by atoms with van der Waals surface area (Å²) >= 11 is 0. The van der Waals surface area contributed by atoms with Crippen molar-refractivity contribution in [3.8, 4) is 0 Å². The Morgan fingerprint density at radius 1 is 1.38 bits per heavy atom. The maximum Gasteiger partial charge on any atom is 0.215 e. The largest absolute Gasteiger partial charge is 0.301 e. The molecule has 0 aliphatic heterocycles. The van der Waals surface area contributed by atoms with Gasteiger partial charge in [-0.3, -0.25) is 9.59 Å². The van der Waals surface area contributed by atoms with Crippen molar-refractivity contribution in [3.63, 3.8) is 0 Å². The molecule has 0 saturated heterocycles. The average molecular weight is 215 g/mol. The van der Waals surface area contributed by atoms with E-state index >= 15 is 0 Å². The Hall–Kier alpha value is -1.90. The van der Waals surface area contributed by atoms with Gasteiger partial charge in [0, 0.05) is 5.69 Å². The van der Waals surface area contributed by atoms with Crippen molar-refractivity contribution in [2.75, 3.05) is 4.90 Å². The van der Waals surface area contributed by atoms with E-state index in [-0.39, 0.29) is 11.7 Å². The molecule has 1 aromatic rings. The van der Waals surface area contributed by atoms with E-state index in [0.717, 1.165) is 5.69 Å². The third-order valence-corrected chi connectivity index (χ3v) is 3.18. The molecule has 1 fully saturated rings. The number of benzene rings is 1. The van der Waals surface area contributed by atoms with Crippen molar-refractivity contribution < 1.29 is 9.59 Å². The van der Waals surface area contributed by atoms with Crippen LogP contribution in [0.15, 0.2) is 43.0 Å². The van der Waals surface area contributed by atoms with E-state index in [1.165, 1.54) is 4.90 Å². The minimum Gasteiger partial charge on any atom is -0.301 e. The summed E-state index contributed by atoms with van der Waals surface area (Å²) in [6.07, 6.45) is 2.30. The average Bonchev–Trinajstić information content (AvgIpc) is 2.83. The van der Waals surface area contributed by atoms with E-state index in [0.29, 0.717) is 6.41 Å². The molecule has 82 valence electrons. The molecule has 0 heterocycles. The maximum absolute atomic E-state index is 11.7.